The Morgan fingerprint density at radius 2 is 2.00 bits per heavy atom. The Morgan fingerprint density at radius 3 is 2.76 bits per heavy atom. The predicted molar refractivity (Wildman–Crippen MR) is 168 cm³/mol. The van der Waals surface area contributed by atoms with Crippen LogP contribution in [-0.4, -0.2) is 68.7 Å². The molecule has 0 amide bonds. The predicted octanol–water partition coefficient (Wildman–Crippen LogP) is 5.29. The quantitative estimate of drug-likeness (QED) is 0.227. The van der Waals surface area contributed by atoms with Gasteiger partial charge >= 0.3 is 0 Å². The summed E-state index contributed by atoms with van der Waals surface area (Å²) >= 11 is 0. The molecule has 2 fully saturated rings. The minimum absolute atomic E-state index is 0.386. The molecular weight excluding hydrogens is 524 g/mol. The average Bonchev–Trinajstić information content (AvgIpc) is 3.69. The van der Waals surface area contributed by atoms with Gasteiger partial charge in [-0.2, -0.15) is 5.10 Å². The number of carbonyl (C=O) groups excluding carboxylic acids is 1. The Balaban J connectivity index is 1.20. The smallest absolute Gasteiger partial charge is 0.203 e. The number of carbonyl (C=O) groups is 1. The van der Waals surface area contributed by atoms with Gasteiger partial charge in [0.25, 0.3) is 0 Å². The third-order valence-corrected chi connectivity index (χ3v) is 9.01. The summed E-state index contributed by atoms with van der Waals surface area (Å²) in [5.41, 5.74) is 8.94. The van der Waals surface area contributed by atoms with E-state index in [0.29, 0.717) is 17.5 Å². The molecule has 222 valence electrons. The molecule has 9 heteroatoms. The molecule has 6 rings (SSSR count). The highest BCUT2D eigenvalue weighted by Gasteiger charge is 2.33. The lowest BCUT2D eigenvalue weighted by Gasteiger charge is -2.26. The largest absolute Gasteiger partial charge is 0.384 e. The average molecular weight is 569 g/mol. The molecule has 1 aromatic carbocycles. The third kappa shape index (κ3) is 6.21. The molecular formula is C33H44N8O. The molecule has 0 bridgehead atoms. The van der Waals surface area contributed by atoms with Crippen LogP contribution in [0.5, 0.6) is 0 Å². The number of rotatable bonds is 12. The van der Waals surface area contributed by atoms with Gasteiger partial charge in [-0.3, -0.25) is 19.5 Å². The van der Waals surface area contributed by atoms with Crippen molar-refractivity contribution in [3.63, 3.8) is 0 Å². The van der Waals surface area contributed by atoms with E-state index in [0.717, 1.165) is 72.4 Å². The van der Waals surface area contributed by atoms with Crippen molar-refractivity contribution < 1.29 is 4.79 Å². The normalized spacial score (nSPS) is 17.2. The van der Waals surface area contributed by atoms with E-state index < -0.39 is 0 Å². The lowest BCUT2D eigenvalue weighted by atomic mass is 10.0. The van der Waals surface area contributed by atoms with Crippen LogP contribution in [0.25, 0.3) is 22.3 Å². The van der Waals surface area contributed by atoms with Crippen LogP contribution in [-0.2, 0) is 13.5 Å². The molecule has 4 heterocycles. The molecule has 42 heavy (non-hydrogen) atoms. The zero-order valence-electron chi connectivity index (χ0n) is 25.3. The van der Waals surface area contributed by atoms with Crippen LogP contribution in [0.4, 0.5) is 5.69 Å². The molecule has 0 spiro atoms. The minimum atomic E-state index is 0.386. The summed E-state index contributed by atoms with van der Waals surface area (Å²) in [4.78, 5) is 27.0. The summed E-state index contributed by atoms with van der Waals surface area (Å²) in [5, 5.41) is 8.25. The Bertz CT molecular complexity index is 1600. The SMILES string of the molecule is C/N=c1\[nH]c2ccc(NCCN3CCCCC3)cc2n1C(CCCc1c(-c2cc(C=O)cc(C)n2)cnn1C)C1CC1. The van der Waals surface area contributed by atoms with Gasteiger partial charge in [0.05, 0.1) is 22.9 Å². The monoisotopic (exact) mass is 568 g/mol. The van der Waals surface area contributed by atoms with Crippen molar-refractivity contribution >= 4 is 23.0 Å². The van der Waals surface area contributed by atoms with Gasteiger partial charge in [-0.15, -0.1) is 0 Å². The van der Waals surface area contributed by atoms with E-state index in [1.54, 1.807) is 0 Å². The van der Waals surface area contributed by atoms with Crippen LogP contribution in [0.3, 0.4) is 0 Å². The first-order valence-corrected chi connectivity index (χ1v) is 15.6. The fraction of sp³-hybridized carbons (Fsp3) is 0.515. The van der Waals surface area contributed by atoms with Crippen LogP contribution in [0.2, 0.25) is 0 Å². The maximum atomic E-state index is 11.5. The van der Waals surface area contributed by atoms with Crippen molar-refractivity contribution in [1.82, 2.24) is 29.2 Å². The lowest BCUT2D eigenvalue weighted by molar-refractivity contribution is 0.112. The molecule has 0 radical (unpaired) electrons. The van der Waals surface area contributed by atoms with Gasteiger partial charge in [0.2, 0.25) is 5.62 Å². The van der Waals surface area contributed by atoms with Crippen LogP contribution in [0, 0.1) is 12.8 Å². The second-order valence-corrected chi connectivity index (χ2v) is 12.1. The van der Waals surface area contributed by atoms with Crippen molar-refractivity contribution in [3.05, 3.63) is 59.1 Å². The number of nitrogens with zero attached hydrogens (tertiary/aromatic N) is 6. The summed E-state index contributed by atoms with van der Waals surface area (Å²) in [7, 11) is 3.88. The van der Waals surface area contributed by atoms with Gasteiger partial charge in [0.1, 0.15) is 6.29 Å². The third-order valence-electron chi connectivity index (χ3n) is 9.01. The number of pyridine rings is 1. The Kier molecular flexibility index (Phi) is 8.55. The molecule has 2 N–H and O–H groups in total. The highest BCUT2D eigenvalue weighted by molar-refractivity contribution is 5.80. The minimum Gasteiger partial charge on any atom is -0.384 e. The fourth-order valence-electron chi connectivity index (χ4n) is 6.69. The Hall–Kier alpha value is -3.72. The maximum Gasteiger partial charge on any atom is 0.203 e. The van der Waals surface area contributed by atoms with Crippen LogP contribution < -0.4 is 10.9 Å². The van der Waals surface area contributed by atoms with E-state index in [9.17, 15) is 4.79 Å². The number of aldehydes is 1. The number of hydrogen-bond donors (Lipinski definition) is 2. The van der Waals surface area contributed by atoms with Gasteiger partial charge in [0, 0.05) is 61.4 Å². The van der Waals surface area contributed by atoms with Crippen molar-refractivity contribution in [2.24, 2.45) is 18.0 Å². The fourth-order valence-corrected chi connectivity index (χ4v) is 6.69. The van der Waals surface area contributed by atoms with Crippen molar-refractivity contribution in [1.29, 1.82) is 0 Å². The molecule has 1 unspecified atom stereocenters. The first-order valence-electron chi connectivity index (χ1n) is 15.6. The zero-order valence-corrected chi connectivity index (χ0v) is 25.3. The molecule has 1 aliphatic heterocycles. The number of anilines is 1. The number of aromatic amines is 1. The van der Waals surface area contributed by atoms with Crippen molar-refractivity contribution in [2.45, 2.75) is 64.3 Å². The Morgan fingerprint density at radius 1 is 1.17 bits per heavy atom. The number of aromatic nitrogens is 5. The number of imidazole rings is 1. The summed E-state index contributed by atoms with van der Waals surface area (Å²) in [6.45, 7) is 6.44. The van der Waals surface area contributed by atoms with E-state index in [4.69, 9.17) is 4.98 Å². The number of H-pyrrole nitrogens is 1. The number of likely N-dealkylation sites (tertiary alicyclic amines) is 1. The number of aryl methyl sites for hydroxylation is 2. The van der Waals surface area contributed by atoms with Crippen LogP contribution >= 0.6 is 0 Å². The van der Waals surface area contributed by atoms with Gasteiger partial charge in [-0.1, -0.05) is 6.42 Å². The van der Waals surface area contributed by atoms with E-state index in [1.807, 2.05) is 44.0 Å². The summed E-state index contributed by atoms with van der Waals surface area (Å²) < 4.78 is 4.42. The molecule has 1 aliphatic carbocycles. The standard InChI is InChI=1S/C33H44N8O/c1-23-18-24(22-42)19-29(37-23)27-21-36-39(3)31(27)9-7-8-30(25-10-11-25)41-32-20-26(12-13-28(32)38-33(41)34-2)35-14-17-40-15-5-4-6-16-40/h12-13,18-22,25,30,35H,4-11,14-17H2,1-3H3,(H,34,38). The summed E-state index contributed by atoms with van der Waals surface area (Å²) in [6.07, 6.45) is 12.3. The molecule has 4 aromatic rings. The second-order valence-electron chi connectivity index (χ2n) is 12.1. The van der Waals surface area contributed by atoms with E-state index >= 15 is 0 Å². The maximum absolute atomic E-state index is 11.5. The van der Waals surface area contributed by atoms with Crippen molar-refractivity contribution in [2.75, 3.05) is 38.5 Å². The first kappa shape index (κ1) is 28.4. The molecule has 3 aromatic heterocycles. The number of fused-ring (bicyclic) bond motifs is 1. The molecule has 1 saturated carbocycles. The molecule has 9 nitrogen and oxygen atoms in total. The van der Waals surface area contributed by atoms with Crippen molar-refractivity contribution in [3.8, 4) is 11.3 Å². The zero-order chi connectivity index (χ0) is 29.1. The van der Waals surface area contributed by atoms with Gasteiger partial charge in [-0.05, 0) is 101 Å². The number of benzene rings is 1. The Labute approximate surface area is 248 Å². The van der Waals surface area contributed by atoms with Crippen LogP contribution in [0.1, 0.15) is 72.7 Å². The lowest BCUT2D eigenvalue weighted by Crippen LogP contribution is -2.33. The summed E-state index contributed by atoms with van der Waals surface area (Å²) in [6, 6.07) is 10.7. The van der Waals surface area contributed by atoms with Gasteiger partial charge < -0.3 is 19.8 Å². The molecule has 1 atom stereocenters. The van der Waals surface area contributed by atoms with E-state index in [2.05, 4.69) is 48.1 Å². The van der Waals surface area contributed by atoms with E-state index in [1.165, 1.54) is 56.4 Å². The highest BCUT2D eigenvalue weighted by atomic mass is 16.1. The number of hydrogen-bond acceptors (Lipinski definition) is 6. The number of piperidine rings is 1. The molecule has 2 aliphatic rings. The van der Waals surface area contributed by atoms with Gasteiger partial charge in [-0.25, -0.2) is 0 Å². The topological polar surface area (TPSA) is 96.1 Å². The van der Waals surface area contributed by atoms with Gasteiger partial charge in [0.15, 0.2) is 0 Å². The summed E-state index contributed by atoms with van der Waals surface area (Å²) in [5.74, 6) is 0.671. The second kappa shape index (κ2) is 12.7. The molecule has 1 saturated heterocycles. The van der Waals surface area contributed by atoms with E-state index in [-0.39, 0.29) is 0 Å². The first-order chi connectivity index (χ1) is 20.5. The van der Waals surface area contributed by atoms with Crippen LogP contribution in [0.15, 0.2) is 41.5 Å². The number of nitrogens with one attached hydrogen (secondary N) is 2. The highest BCUT2D eigenvalue weighted by Crippen LogP contribution is 2.43.